The zero-order valence-corrected chi connectivity index (χ0v) is 16.8. The molecule has 0 spiro atoms. The minimum Gasteiger partial charge on any atom is -0.222 e. The van der Waals surface area contributed by atoms with Crippen LogP contribution in [0.25, 0.3) is 0 Å². The number of isocyanates is 2. The Morgan fingerprint density at radius 3 is 0.680 bits per heavy atom. The maximum Gasteiger partial charge on any atom is 0.231 e. The lowest BCUT2D eigenvalue weighted by Gasteiger charge is -2.03. The van der Waals surface area contributed by atoms with Crippen LogP contribution in [0.2, 0.25) is 0 Å². The molecule has 0 aromatic rings. The van der Waals surface area contributed by atoms with E-state index in [1.807, 2.05) is 0 Å². The fourth-order valence-electron chi connectivity index (χ4n) is 2.80. The van der Waals surface area contributed by atoms with Crippen LogP contribution in [0.1, 0.15) is 123 Å². The molecule has 0 rings (SSSR count). The van der Waals surface area contributed by atoms with Gasteiger partial charge in [-0.25, -0.2) is 20.4 Å². The van der Waals surface area contributed by atoms with Crippen molar-refractivity contribution in [3.63, 3.8) is 0 Å². The SMILES string of the molecule is CCCCCCCCCCCCCCCCCCC.N=C=O.N=C=O. The van der Waals surface area contributed by atoms with Gasteiger partial charge in [-0.15, -0.1) is 0 Å². The molecule has 0 bridgehead atoms. The number of rotatable bonds is 16. The van der Waals surface area contributed by atoms with Crippen molar-refractivity contribution in [1.29, 1.82) is 10.8 Å². The van der Waals surface area contributed by atoms with Gasteiger partial charge < -0.3 is 0 Å². The van der Waals surface area contributed by atoms with Crippen LogP contribution in [0, 0.1) is 10.8 Å². The Labute approximate surface area is 156 Å². The molecule has 0 amide bonds. The van der Waals surface area contributed by atoms with Crippen molar-refractivity contribution in [1.82, 2.24) is 0 Å². The molecular weight excluding hydrogens is 312 g/mol. The zero-order valence-electron chi connectivity index (χ0n) is 16.8. The van der Waals surface area contributed by atoms with Crippen LogP contribution in [0.15, 0.2) is 0 Å². The summed E-state index contributed by atoms with van der Waals surface area (Å²) in [5, 5.41) is 10.8. The molecule has 4 heteroatoms. The summed E-state index contributed by atoms with van der Waals surface area (Å²) >= 11 is 0. The van der Waals surface area contributed by atoms with Crippen molar-refractivity contribution < 1.29 is 9.59 Å². The average Bonchev–Trinajstić information content (AvgIpc) is 2.60. The van der Waals surface area contributed by atoms with Crippen LogP contribution in [0.3, 0.4) is 0 Å². The van der Waals surface area contributed by atoms with Crippen LogP contribution in [-0.4, -0.2) is 12.2 Å². The predicted molar refractivity (Wildman–Crippen MR) is 107 cm³/mol. The Bertz CT molecular complexity index is 254. The van der Waals surface area contributed by atoms with Gasteiger partial charge in [-0.2, -0.15) is 0 Å². The highest BCUT2D eigenvalue weighted by Crippen LogP contribution is 2.13. The van der Waals surface area contributed by atoms with Crippen LogP contribution < -0.4 is 0 Å². The Balaban J connectivity index is -0.000000700. The second-order valence-corrected chi connectivity index (χ2v) is 6.51. The summed E-state index contributed by atoms with van der Waals surface area (Å²) in [6, 6.07) is 0. The molecule has 0 saturated heterocycles. The summed E-state index contributed by atoms with van der Waals surface area (Å²) in [5.41, 5.74) is 0. The lowest BCUT2D eigenvalue weighted by molar-refractivity contribution is 0.529. The molecule has 0 fully saturated rings. The number of carbonyl (C=O) groups excluding carboxylic acids is 2. The van der Waals surface area contributed by atoms with Gasteiger partial charge in [-0.1, -0.05) is 123 Å². The fourth-order valence-corrected chi connectivity index (χ4v) is 2.80. The van der Waals surface area contributed by atoms with Gasteiger partial charge in [0, 0.05) is 0 Å². The van der Waals surface area contributed by atoms with Gasteiger partial charge in [-0.3, -0.25) is 0 Å². The minimum absolute atomic E-state index is 0.750. The van der Waals surface area contributed by atoms with Gasteiger partial charge in [0.15, 0.2) is 0 Å². The van der Waals surface area contributed by atoms with Gasteiger partial charge >= 0.3 is 0 Å². The quantitative estimate of drug-likeness (QED) is 0.171. The monoisotopic (exact) mass is 354 g/mol. The first-order valence-corrected chi connectivity index (χ1v) is 10.3. The molecule has 0 aliphatic rings. The standard InChI is InChI=1S/C19H40.2CHNO/c1-3-5-7-9-11-13-15-17-19-18-16-14-12-10-8-6-4-2;2*2-1-3/h3-19H2,1-2H3;2*2H. The maximum atomic E-state index is 8.35. The van der Waals surface area contributed by atoms with E-state index in [0.29, 0.717) is 0 Å². The van der Waals surface area contributed by atoms with E-state index in [0.717, 1.165) is 12.2 Å². The molecular formula is C21H42N2O2. The molecule has 0 aromatic heterocycles. The Morgan fingerprint density at radius 1 is 0.440 bits per heavy atom. The van der Waals surface area contributed by atoms with Crippen molar-refractivity contribution in [3.8, 4) is 0 Å². The predicted octanol–water partition coefficient (Wildman–Crippen LogP) is 7.46. The van der Waals surface area contributed by atoms with Crippen LogP contribution in [0.5, 0.6) is 0 Å². The molecule has 0 saturated carbocycles. The lowest BCUT2D eigenvalue weighted by Crippen LogP contribution is -1.83. The molecule has 0 aromatic carbocycles. The normalized spacial score (nSPS) is 9.04. The molecule has 0 heterocycles. The smallest absolute Gasteiger partial charge is 0.222 e. The Morgan fingerprint density at radius 2 is 0.560 bits per heavy atom. The summed E-state index contributed by atoms with van der Waals surface area (Å²) in [4.78, 5) is 16.7. The van der Waals surface area contributed by atoms with Gasteiger partial charge in [0.05, 0.1) is 0 Å². The largest absolute Gasteiger partial charge is 0.231 e. The fraction of sp³-hybridized carbons (Fsp3) is 0.905. The first kappa shape index (κ1) is 28.6. The second-order valence-electron chi connectivity index (χ2n) is 6.51. The number of unbranched alkanes of at least 4 members (excludes halogenated alkanes) is 16. The van der Waals surface area contributed by atoms with E-state index in [2.05, 4.69) is 13.8 Å². The summed E-state index contributed by atoms with van der Waals surface area (Å²) in [5.74, 6) is 0. The van der Waals surface area contributed by atoms with Gasteiger partial charge in [-0.05, 0) is 0 Å². The third kappa shape index (κ3) is 45.0. The highest BCUT2D eigenvalue weighted by Gasteiger charge is 1.94. The summed E-state index contributed by atoms with van der Waals surface area (Å²) in [7, 11) is 0. The molecule has 148 valence electrons. The van der Waals surface area contributed by atoms with Crippen molar-refractivity contribution in [3.05, 3.63) is 0 Å². The topological polar surface area (TPSA) is 81.8 Å². The van der Waals surface area contributed by atoms with Crippen molar-refractivity contribution in [2.75, 3.05) is 0 Å². The summed E-state index contributed by atoms with van der Waals surface area (Å²) in [6.45, 7) is 4.59. The second kappa shape index (κ2) is 34.2. The van der Waals surface area contributed by atoms with Crippen LogP contribution >= 0.6 is 0 Å². The van der Waals surface area contributed by atoms with E-state index >= 15 is 0 Å². The Kier molecular flexibility index (Phi) is 39.0. The van der Waals surface area contributed by atoms with E-state index < -0.39 is 0 Å². The molecule has 0 atom stereocenters. The van der Waals surface area contributed by atoms with Crippen molar-refractivity contribution >= 4 is 12.2 Å². The van der Waals surface area contributed by atoms with Crippen LogP contribution in [-0.2, 0) is 9.59 Å². The summed E-state index contributed by atoms with van der Waals surface area (Å²) < 4.78 is 0. The molecule has 0 radical (unpaired) electrons. The van der Waals surface area contributed by atoms with Crippen LogP contribution in [0.4, 0.5) is 0 Å². The third-order valence-corrected chi connectivity index (χ3v) is 4.21. The maximum absolute atomic E-state index is 8.35. The number of hydrogen-bond donors (Lipinski definition) is 2. The number of nitrogens with one attached hydrogen (secondary N) is 2. The molecule has 0 aliphatic heterocycles. The van der Waals surface area contributed by atoms with E-state index in [9.17, 15) is 0 Å². The molecule has 2 N–H and O–H groups in total. The summed E-state index contributed by atoms with van der Waals surface area (Å²) in [6.07, 6.45) is 26.4. The molecule has 0 aliphatic carbocycles. The molecule has 25 heavy (non-hydrogen) atoms. The van der Waals surface area contributed by atoms with E-state index in [1.165, 1.54) is 109 Å². The van der Waals surface area contributed by atoms with Gasteiger partial charge in [0.1, 0.15) is 0 Å². The molecule has 0 unspecified atom stereocenters. The highest BCUT2D eigenvalue weighted by molar-refractivity contribution is 5.26. The van der Waals surface area contributed by atoms with E-state index in [4.69, 9.17) is 20.4 Å². The zero-order chi connectivity index (χ0) is 19.4. The number of hydrogen-bond acceptors (Lipinski definition) is 4. The van der Waals surface area contributed by atoms with Crippen molar-refractivity contribution in [2.24, 2.45) is 0 Å². The first-order valence-electron chi connectivity index (χ1n) is 10.3. The molecule has 4 nitrogen and oxygen atoms in total. The van der Waals surface area contributed by atoms with Crippen molar-refractivity contribution in [2.45, 2.75) is 123 Å². The third-order valence-electron chi connectivity index (χ3n) is 4.21. The van der Waals surface area contributed by atoms with Gasteiger partial charge in [0.25, 0.3) is 0 Å². The first-order chi connectivity index (χ1) is 12.2. The lowest BCUT2D eigenvalue weighted by atomic mass is 10.0. The van der Waals surface area contributed by atoms with E-state index in [-0.39, 0.29) is 0 Å². The minimum atomic E-state index is 0.750. The highest BCUT2D eigenvalue weighted by atomic mass is 16.1. The average molecular weight is 355 g/mol. The van der Waals surface area contributed by atoms with E-state index in [1.54, 1.807) is 0 Å². The van der Waals surface area contributed by atoms with Gasteiger partial charge in [0.2, 0.25) is 12.2 Å². The Hall–Kier alpha value is -1.24.